The van der Waals surface area contributed by atoms with Crippen molar-refractivity contribution in [2.24, 2.45) is 0 Å². The summed E-state index contributed by atoms with van der Waals surface area (Å²) < 4.78 is 1.11. The molecule has 0 fully saturated rings. The van der Waals surface area contributed by atoms with Crippen LogP contribution in [0.4, 0.5) is 0 Å². The first-order chi connectivity index (χ1) is 5.79. The predicted octanol–water partition coefficient (Wildman–Crippen LogP) is 2.13. The number of hydrogen-bond donors (Lipinski definition) is 1. The van der Waals surface area contributed by atoms with Crippen molar-refractivity contribution >= 4 is 15.9 Å². The van der Waals surface area contributed by atoms with Gasteiger partial charge in [-0.1, -0.05) is 6.92 Å². The van der Waals surface area contributed by atoms with Gasteiger partial charge in [-0.25, -0.2) is 0 Å². The first-order valence-corrected chi connectivity index (χ1v) is 4.84. The van der Waals surface area contributed by atoms with E-state index in [1.165, 1.54) is 11.1 Å². The van der Waals surface area contributed by atoms with Crippen LogP contribution in [0.3, 0.4) is 0 Å². The Bertz CT molecular complexity index is 261. The molecule has 12 heavy (non-hydrogen) atoms. The number of nitrogens with zero attached hydrogens (tertiary/aromatic N) is 1. The number of aromatic nitrogens is 1. The molecule has 0 aliphatic heterocycles. The highest BCUT2D eigenvalue weighted by molar-refractivity contribution is 9.10. The molecule has 0 aliphatic rings. The van der Waals surface area contributed by atoms with Gasteiger partial charge in [0, 0.05) is 23.4 Å². The fraction of sp³-hybridized carbons (Fsp3) is 0.444. The molecule has 0 aliphatic carbocycles. The predicted molar refractivity (Wildman–Crippen MR) is 54.1 cm³/mol. The minimum absolute atomic E-state index is 0.885. The molecule has 1 rings (SSSR count). The van der Waals surface area contributed by atoms with Gasteiger partial charge in [0.1, 0.15) is 0 Å². The second-order valence-corrected chi connectivity index (χ2v) is 3.50. The summed E-state index contributed by atoms with van der Waals surface area (Å²) in [5.41, 5.74) is 2.62. The van der Waals surface area contributed by atoms with Gasteiger partial charge in [0.15, 0.2) is 0 Å². The van der Waals surface area contributed by atoms with Gasteiger partial charge in [0.25, 0.3) is 0 Å². The minimum Gasteiger partial charge on any atom is -0.316 e. The highest BCUT2D eigenvalue weighted by atomic mass is 79.9. The Morgan fingerprint density at radius 3 is 2.83 bits per heavy atom. The Labute approximate surface area is 81.5 Å². The number of halogens is 1. The lowest BCUT2D eigenvalue weighted by Crippen LogP contribution is -2.08. The summed E-state index contributed by atoms with van der Waals surface area (Å²) in [6.45, 7) is 3.04. The number of nitrogens with one attached hydrogen (secondary N) is 1. The molecule has 0 aromatic carbocycles. The summed E-state index contributed by atoms with van der Waals surface area (Å²) in [6.07, 6.45) is 4.80. The third-order valence-electron chi connectivity index (χ3n) is 1.81. The standard InChI is InChI=1S/C9H13BrN2/c1-3-8-7(4-11-2)5-12-6-9(8)10/h5-6,11H,3-4H2,1-2H3. The number of hydrogen-bond acceptors (Lipinski definition) is 2. The van der Waals surface area contributed by atoms with Crippen molar-refractivity contribution in [3.05, 3.63) is 28.0 Å². The van der Waals surface area contributed by atoms with Crippen molar-refractivity contribution < 1.29 is 0 Å². The van der Waals surface area contributed by atoms with E-state index in [0.29, 0.717) is 0 Å². The van der Waals surface area contributed by atoms with E-state index in [4.69, 9.17) is 0 Å². The quantitative estimate of drug-likeness (QED) is 0.858. The van der Waals surface area contributed by atoms with E-state index in [1.807, 2.05) is 19.4 Å². The molecule has 0 saturated heterocycles. The van der Waals surface area contributed by atoms with Crippen LogP contribution in [0.2, 0.25) is 0 Å². The SMILES string of the molecule is CCc1c(Br)cncc1CNC. The molecular weight excluding hydrogens is 216 g/mol. The molecule has 0 atom stereocenters. The Morgan fingerprint density at radius 2 is 2.25 bits per heavy atom. The van der Waals surface area contributed by atoms with Gasteiger partial charge in [-0.2, -0.15) is 0 Å². The molecule has 1 aromatic rings. The lowest BCUT2D eigenvalue weighted by Gasteiger charge is -2.07. The first-order valence-electron chi connectivity index (χ1n) is 4.05. The van der Waals surface area contributed by atoms with Crippen LogP contribution >= 0.6 is 15.9 Å². The van der Waals surface area contributed by atoms with Gasteiger partial charge < -0.3 is 5.32 Å². The van der Waals surface area contributed by atoms with Gasteiger partial charge in [-0.05, 0) is 40.5 Å². The van der Waals surface area contributed by atoms with E-state index in [9.17, 15) is 0 Å². The molecule has 0 amide bonds. The fourth-order valence-electron chi connectivity index (χ4n) is 1.24. The van der Waals surface area contributed by atoms with E-state index in [2.05, 4.69) is 33.2 Å². The van der Waals surface area contributed by atoms with Crippen molar-refractivity contribution in [2.45, 2.75) is 19.9 Å². The summed E-state index contributed by atoms with van der Waals surface area (Å²) >= 11 is 3.49. The molecule has 1 N–H and O–H groups in total. The largest absolute Gasteiger partial charge is 0.316 e. The Kier molecular flexibility index (Phi) is 3.69. The van der Waals surface area contributed by atoms with E-state index < -0.39 is 0 Å². The average molecular weight is 229 g/mol. The maximum absolute atomic E-state index is 4.12. The maximum Gasteiger partial charge on any atom is 0.0413 e. The molecule has 1 aromatic heterocycles. The zero-order chi connectivity index (χ0) is 8.97. The molecule has 0 bridgehead atoms. The van der Waals surface area contributed by atoms with Crippen molar-refractivity contribution in [1.82, 2.24) is 10.3 Å². The molecule has 0 saturated carbocycles. The van der Waals surface area contributed by atoms with Crippen LogP contribution in [0.15, 0.2) is 16.9 Å². The van der Waals surface area contributed by atoms with Crippen molar-refractivity contribution in [3.8, 4) is 0 Å². The molecule has 1 heterocycles. The van der Waals surface area contributed by atoms with E-state index >= 15 is 0 Å². The van der Waals surface area contributed by atoms with Crippen LogP contribution in [0.25, 0.3) is 0 Å². The van der Waals surface area contributed by atoms with Crippen molar-refractivity contribution in [2.75, 3.05) is 7.05 Å². The molecule has 0 unspecified atom stereocenters. The first kappa shape index (κ1) is 9.68. The van der Waals surface area contributed by atoms with Gasteiger partial charge >= 0.3 is 0 Å². The molecule has 0 spiro atoms. The highest BCUT2D eigenvalue weighted by Gasteiger charge is 2.03. The third-order valence-corrected chi connectivity index (χ3v) is 2.50. The zero-order valence-electron chi connectivity index (χ0n) is 7.39. The number of pyridine rings is 1. The van der Waals surface area contributed by atoms with Gasteiger partial charge in [0.2, 0.25) is 0 Å². The Morgan fingerprint density at radius 1 is 1.50 bits per heavy atom. The Hall–Kier alpha value is -0.410. The van der Waals surface area contributed by atoms with Crippen LogP contribution in [0.5, 0.6) is 0 Å². The van der Waals surface area contributed by atoms with Crippen LogP contribution < -0.4 is 5.32 Å². The van der Waals surface area contributed by atoms with Crippen LogP contribution in [-0.2, 0) is 13.0 Å². The van der Waals surface area contributed by atoms with Gasteiger partial charge in [0.05, 0.1) is 0 Å². The molecule has 0 radical (unpaired) electrons. The summed E-state index contributed by atoms with van der Waals surface area (Å²) in [4.78, 5) is 4.12. The lowest BCUT2D eigenvalue weighted by molar-refractivity contribution is 0.798. The Balaban J connectivity index is 3.00. The van der Waals surface area contributed by atoms with Crippen molar-refractivity contribution in [3.63, 3.8) is 0 Å². The highest BCUT2D eigenvalue weighted by Crippen LogP contribution is 2.19. The summed E-state index contributed by atoms with van der Waals surface area (Å²) in [5, 5.41) is 3.13. The molecule has 3 heteroatoms. The van der Waals surface area contributed by atoms with E-state index in [0.717, 1.165) is 17.4 Å². The van der Waals surface area contributed by atoms with E-state index in [-0.39, 0.29) is 0 Å². The zero-order valence-corrected chi connectivity index (χ0v) is 8.98. The minimum atomic E-state index is 0.885. The topological polar surface area (TPSA) is 24.9 Å². The van der Waals surface area contributed by atoms with Crippen molar-refractivity contribution in [1.29, 1.82) is 0 Å². The smallest absolute Gasteiger partial charge is 0.0413 e. The number of rotatable bonds is 3. The second-order valence-electron chi connectivity index (χ2n) is 2.64. The van der Waals surface area contributed by atoms with Crippen LogP contribution in [0, 0.1) is 0 Å². The summed E-state index contributed by atoms with van der Waals surface area (Å²) in [7, 11) is 1.94. The molecular formula is C9H13BrN2. The van der Waals surface area contributed by atoms with E-state index in [1.54, 1.807) is 0 Å². The molecule has 2 nitrogen and oxygen atoms in total. The van der Waals surface area contributed by atoms with Gasteiger partial charge in [-0.15, -0.1) is 0 Å². The van der Waals surface area contributed by atoms with Crippen LogP contribution in [0.1, 0.15) is 18.1 Å². The van der Waals surface area contributed by atoms with Crippen LogP contribution in [-0.4, -0.2) is 12.0 Å². The lowest BCUT2D eigenvalue weighted by atomic mass is 10.1. The normalized spacial score (nSPS) is 10.2. The monoisotopic (exact) mass is 228 g/mol. The summed E-state index contributed by atoms with van der Waals surface area (Å²) in [5.74, 6) is 0. The third kappa shape index (κ3) is 2.05. The fourth-order valence-corrected chi connectivity index (χ4v) is 1.89. The van der Waals surface area contributed by atoms with Gasteiger partial charge in [-0.3, -0.25) is 4.98 Å². The maximum atomic E-state index is 4.12. The molecule has 66 valence electrons. The average Bonchev–Trinajstić information content (AvgIpc) is 2.05. The summed E-state index contributed by atoms with van der Waals surface area (Å²) in [6, 6.07) is 0. The second kappa shape index (κ2) is 4.58.